The van der Waals surface area contributed by atoms with Crippen LogP contribution in [-0.2, 0) is 0 Å². The van der Waals surface area contributed by atoms with Crippen LogP contribution in [0.5, 0.6) is 11.8 Å². The van der Waals surface area contributed by atoms with Crippen LogP contribution in [0.4, 0.5) is 0 Å². The summed E-state index contributed by atoms with van der Waals surface area (Å²) in [7, 11) is 1.46. The van der Waals surface area contributed by atoms with E-state index < -0.39 is 0 Å². The zero-order valence-corrected chi connectivity index (χ0v) is 10.4. The third-order valence-electron chi connectivity index (χ3n) is 1.80. The molecular weight excluding hydrogens is 262 g/mol. The van der Waals surface area contributed by atoms with Crippen LogP contribution in [0.3, 0.4) is 0 Å². The van der Waals surface area contributed by atoms with E-state index in [1.807, 2.05) is 0 Å². The fraction of sp³-hybridized carbons (Fsp3) is 0.100. The monoisotopic (exact) mass is 269 g/mol. The fourth-order valence-electron chi connectivity index (χ4n) is 1.07. The van der Waals surface area contributed by atoms with Crippen molar-refractivity contribution >= 4 is 23.4 Å². The molecule has 0 bridgehead atoms. The van der Waals surface area contributed by atoms with Gasteiger partial charge < -0.3 is 9.84 Å². The molecule has 0 amide bonds. The van der Waals surface area contributed by atoms with Gasteiger partial charge in [0.05, 0.1) is 7.11 Å². The molecule has 7 heteroatoms. The van der Waals surface area contributed by atoms with E-state index in [2.05, 4.69) is 15.0 Å². The normalized spacial score (nSPS) is 10.2. The molecule has 0 radical (unpaired) electrons. The minimum absolute atomic E-state index is 0.0816. The number of aromatic hydroxyl groups is 1. The standard InChI is InChI=1S/C10H8ClN3O2S/c1-16-9-12-8(11)13-10(14-9)17-7-4-2-6(15)3-5-7/h2-5,15H,1H3. The summed E-state index contributed by atoms with van der Waals surface area (Å²) in [5, 5.41) is 9.68. The molecule has 0 saturated carbocycles. The van der Waals surface area contributed by atoms with Gasteiger partial charge in [0.2, 0.25) is 5.28 Å². The zero-order valence-electron chi connectivity index (χ0n) is 8.79. The Hall–Kier alpha value is -1.53. The first-order chi connectivity index (χ1) is 8.17. The largest absolute Gasteiger partial charge is 0.508 e. The van der Waals surface area contributed by atoms with E-state index in [4.69, 9.17) is 21.4 Å². The van der Waals surface area contributed by atoms with Crippen LogP contribution in [0.25, 0.3) is 0 Å². The van der Waals surface area contributed by atoms with Gasteiger partial charge in [-0.25, -0.2) is 0 Å². The maximum Gasteiger partial charge on any atom is 0.321 e. The maximum atomic E-state index is 9.16. The maximum absolute atomic E-state index is 9.16. The van der Waals surface area contributed by atoms with Crippen molar-refractivity contribution in [3.63, 3.8) is 0 Å². The predicted octanol–water partition coefficient (Wildman–Crippen LogP) is 2.39. The summed E-state index contributed by atoms with van der Waals surface area (Å²) in [6.45, 7) is 0. The van der Waals surface area contributed by atoms with Crippen LogP contribution in [0.2, 0.25) is 5.28 Å². The van der Waals surface area contributed by atoms with Crippen LogP contribution in [-0.4, -0.2) is 27.2 Å². The van der Waals surface area contributed by atoms with Crippen molar-refractivity contribution in [2.75, 3.05) is 7.11 Å². The second-order valence-electron chi connectivity index (χ2n) is 2.97. The molecule has 1 N–H and O–H groups in total. The lowest BCUT2D eigenvalue weighted by Crippen LogP contribution is -1.96. The summed E-state index contributed by atoms with van der Waals surface area (Å²) in [6.07, 6.45) is 0. The molecular formula is C10H8ClN3O2S. The molecule has 2 aromatic rings. The minimum atomic E-state index is 0.0816. The number of rotatable bonds is 3. The molecule has 0 saturated heterocycles. The Morgan fingerprint density at radius 3 is 2.53 bits per heavy atom. The Labute approximate surface area is 107 Å². The van der Waals surface area contributed by atoms with Crippen molar-refractivity contribution in [2.45, 2.75) is 10.1 Å². The minimum Gasteiger partial charge on any atom is -0.508 e. The second-order valence-corrected chi connectivity index (χ2v) is 4.35. The highest BCUT2D eigenvalue weighted by molar-refractivity contribution is 7.99. The second kappa shape index (κ2) is 5.20. The third-order valence-corrected chi connectivity index (χ3v) is 2.84. The fourth-order valence-corrected chi connectivity index (χ4v) is 2.01. The highest BCUT2D eigenvalue weighted by atomic mass is 35.5. The Bertz CT molecular complexity index is 521. The number of hydrogen-bond donors (Lipinski definition) is 1. The summed E-state index contributed by atoms with van der Waals surface area (Å²) in [5.41, 5.74) is 0. The van der Waals surface area contributed by atoms with Crippen molar-refractivity contribution < 1.29 is 9.84 Å². The van der Waals surface area contributed by atoms with Crippen LogP contribution in [0.15, 0.2) is 34.3 Å². The molecule has 0 unspecified atom stereocenters. The first-order valence-electron chi connectivity index (χ1n) is 4.60. The highest BCUT2D eigenvalue weighted by Gasteiger charge is 2.06. The number of halogens is 1. The molecule has 0 aliphatic rings. The topological polar surface area (TPSA) is 68.1 Å². The van der Waals surface area contributed by atoms with Crippen LogP contribution >= 0.6 is 23.4 Å². The van der Waals surface area contributed by atoms with E-state index in [0.29, 0.717) is 5.16 Å². The Kier molecular flexibility index (Phi) is 3.65. The summed E-state index contributed by atoms with van der Waals surface area (Å²) in [5.74, 6) is 0.209. The molecule has 2 rings (SSSR count). The molecule has 5 nitrogen and oxygen atoms in total. The number of benzene rings is 1. The molecule has 0 aliphatic heterocycles. The molecule has 0 spiro atoms. The summed E-state index contributed by atoms with van der Waals surface area (Å²) in [4.78, 5) is 12.7. The van der Waals surface area contributed by atoms with Gasteiger partial charge in [-0.15, -0.1) is 0 Å². The summed E-state index contributed by atoms with van der Waals surface area (Å²) < 4.78 is 4.89. The van der Waals surface area contributed by atoms with Gasteiger partial charge in [0.1, 0.15) is 5.75 Å². The molecule has 1 heterocycles. The van der Waals surface area contributed by atoms with Gasteiger partial charge in [-0.1, -0.05) is 0 Å². The Balaban J connectivity index is 2.23. The smallest absolute Gasteiger partial charge is 0.321 e. The average Bonchev–Trinajstić information content (AvgIpc) is 2.31. The molecule has 0 aliphatic carbocycles. The van der Waals surface area contributed by atoms with E-state index in [-0.39, 0.29) is 17.0 Å². The average molecular weight is 270 g/mol. The molecule has 1 aromatic heterocycles. The van der Waals surface area contributed by atoms with Crippen molar-refractivity contribution in [1.29, 1.82) is 0 Å². The predicted molar refractivity (Wildman–Crippen MR) is 63.6 cm³/mol. The Morgan fingerprint density at radius 2 is 1.88 bits per heavy atom. The molecule has 17 heavy (non-hydrogen) atoms. The van der Waals surface area contributed by atoms with Gasteiger partial charge in [-0.2, -0.15) is 15.0 Å². The highest BCUT2D eigenvalue weighted by Crippen LogP contribution is 2.27. The number of ether oxygens (including phenoxy) is 1. The van der Waals surface area contributed by atoms with Gasteiger partial charge in [-0.3, -0.25) is 0 Å². The lowest BCUT2D eigenvalue weighted by atomic mass is 10.3. The van der Waals surface area contributed by atoms with Gasteiger partial charge in [-0.05, 0) is 47.6 Å². The number of methoxy groups -OCH3 is 1. The lowest BCUT2D eigenvalue weighted by molar-refractivity contribution is 0.373. The van der Waals surface area contributed by atoms with Crippen LogP contribution < -0.4 is 4.74 Å². The zero-order chi connectivity index (χ0) is 12.3. The van der Waals surface area contributed by atoms with Gasteiger partial charge in [0.25, 0.3) is 0 Å². The van der Waals surface area contributed by atoms with E-state index in [1.54, 1.807) is 24.3 Å². The van der Waals surface area contributed by atoms with E-state index in [9.17, 15) is 0 Å². The van der Waals surface area contributed by atoms with E-state index >= 15 is 0 Å². The molecule has 1 aromatic carbocycles. The number of phenolic OH excluding ortho intramolecular Hbond substituents is 1. The van der Waals surface area contributed by atoms with Crippen molar-refractivity contribution in [3.8, 4) is 11.8 Å². The third kappa shape index (κ3) is 3.21. The SMILES string of the molecule is COc1nc(Cl)nc(Sc2ccc(O)cc2)n1. The number of hydrogen-bond acceptors (Lipinski definition) is 6. The summed E-state index contributed by atoms with van der Waals surface area (Å²) >= 11 is 7.03. The van der Waals surface area contributed by atoms with Crippen molar-refractivity contribution in [2.24, 2.45) is 0 Å². The van der Waals surface area contributed by atoms with Gasteiger partial charge in [0, 0.05) is 4.90 Å². The number of nitrogens with zero attached hydrogens (tertiary/aromatic N) is 3. The van der Waals surface area contributed by atoms with Crippen LogP contribution in [0.1, 0.15) is 0 Å². The van der Waals surface area contributed by atoms with Crippen molar-refractivity contribution in [3.05, 3.63) is 29.5 Å². The van der Waals surface area contributed by atoms with E-state index in [1.165, 1.54) is 18.9 Å². The summed E-state index contributed by atoms with van der Waals surface area (Å²) in [6, 6.07) is 6.85. The molecule has 0 fully saturated rings. The molecule has 88 valence electrons. The Morgan fingerprint density at radius 1 is 1.18 bits per heavy atom. The number of aromatic nitrogens is 3. The first-order valence-corrected chi connectivity index (χ1v) is 5.79. The lowest BCUT2D eigenvalue weighted by Gasteiger charge is -2.02. The van der Waals surface area contributed by atoms with E-state index in [0.717, 1.165) is 4.90 Å². The van der Waals surface area contributed by atoms with Crippen LogP contribution in [0, 0.1) is 0 Å². The number of phenols is 1. The first kappa shape index (κ1) is 11.9. The van der Waals surface area contributed by atoms with Gasteiger partial charge >= 0.3 is 6.01 Å². The quantitative estimate of drug-likeness (QED) is 0.923. The molecule has 0 atom stereocenters. The van der Waals surface area contributed by atoms with Crippen molar-refractivity contribution in [1.82, 2.24) is 15.0 Å². The van der Waals surface area contributed by atoms with Gasteiger partial charge in [0.15, 0.2) is 5.16 Å².